The standard InChI is InChI=1S/C8H14.C7H14/c1-7(2)5-6-8(3)4;1-7-5-3-2-4-6-7/h5-6H,1-4H3;7H,2-6H2,1H3. The van der Waals surface area contributed by atoms with Crippen LogP contribution in [0.1, 0.15) is 66.7 Å². The lowest BCUT2D eigenvalue weighted by Crippen LogP contribution is -1.99. The maximum atomic E-state index is 2.36. The first kappa shape index (κ1) is 14.5. The molecule has 0 amide bonds. The van der Waals surface area contributed by atoms with Crippen molar-refractivity contribution in [2.75, 3.05) is 0 Å². The minimum Gasteiger partial charge on any atom is -0.0764 e. The summed E-state index contributed by atoms with van der Waals surface area (Å²) in [5, 5.41) is 0. The highest BCUT2D eigenvalue weighted by atomic mass is 14.1. The molecule has 0 spiro atoms. The molecular formula is C15H28. The minimum absolute atomic E-state index is 1.04. The topological polar surface area (TPSA) is 0 Å². The largest absolute Gasteiger partial charge is 0.0764 e. The Hall–Kier alpha value is -0.520. The lowest BCUT2D eigenvalue weighted by Gasteiger charge is -2.15. The van der Waals surface area contributed by atoms with Gasteiger partial charge in [-0.3, -0.25) is 0 Å². The van der Waals surface area contributed by atoms with Gasteiger partial charge in [-0.15, -0.1) is 0 Å². The van der Waals surface area contributed by atoms with Crippen molar-refractivity contribution >= 4 is 0 Å². The lowest BCUT2D eigenvalue weighted by atomic mass is 9.91. The van der Waals surface area contributed by atoms with Crippen molar-refractivity contribution in [1.82, 2.24) is 0 Å². The maximum absolute atomic E-state index is 2.36. The van der Waals surface area contributed by atoms with E-state index in [0.717, 1.165) is 5.92 Å². The van der Waals surface area contributed by atoms with Crippen molar-refractivity contribution in [3.8, 4) is 0 Å². The van der Waals surface area contributed by atoms with Gasteiger partial charge in [0.05, 0.1) is 0 Å². The quantitative estimate of drug-likeness (QED) is 0.499. The molecule has 88 valence electrons. The second-order valence-electron chi connectivity index (χ2n) is 5.23. The van der Waals surface area contributed by atoms with E-state index in [1.54, 1.807) is 0 Å². The fourth-order valence-corrected chi connectivity index (χ4v) is 1.64. The Morgan fingerprint density at radius 2 is 1.20 bits per heavy atom. The Morgan fingerprint density at radius 3 is 1.40 bits per heavy atom. The molecule has 1 saturated carbocycles. The van der Waals surface area contributed by atoms with Crippen molar-refractivity contribution in [3.63, 3.8) is 0 Å². The van der Waals surface area contributed by atoms with E-state index in [1.165, 1.54) is 43.3 Å². The SMILES string of the molecule is CC(C)=CC=C(C)C.CC1CCCCC1. The first-order valence-electron chi connectivity index (χ1n) is 6.30. The predicted octanol–water partition coefficient (Wildman–Crippen LogP) is 5.51. The van der Waals surface area contributed by atoms with Crippen molar-refractivity contribution < 1.29 is 0 Å². The third kappa shape index (κ3) is 11.4. The van der Waals surface area contributed by atoms with Crippen LogP contribution < -0.4 is 0 Å². The molecule has 0 nitrogen and oxygen atoms in total. The Kier molecular flexibility index (Phi) is 8.46. The molecule has 0 aromatic carbocycles. The van der Waals surface area contributed by atoms with Crippen LogP contribution in [0.4, 0.5) is 0 Å². The van der Waals surface area contributed by atoms with Gasteiger partial charge in [0, 0.05) is 0 Å². The van der Waals surface area contributed by atoms with Gasteiger partial charge in [-0.05, 0) is 33.6 Å². The summed E-state index contributed by atoms with van der Waals surface area (Å²) in [6.07, 6.45) is 11.7. The van der Waals surface area contributed by atoms with E-state index in [0.29, 0.717) is 0 Å². The molecule has 1 fully saturated rings. The maximum Gasteiger partial charge on any atom is -0.0439 e. The summed E-state index contributed by atoms with van der Waals surface area (Å²) in [5.41, 5.74) is 2.71. The molecule has 0 N–H and O–H groups in total. The zero-order valence-electron chi connectivity index (χ0n) is 11.3. The molecule has 0 heterocycles. The van der Waals surface area contributed by atoms with Crippen LogP contribution in [0.25, 0.3) is 0 Å². The number of hydrogen-bond acceptors (Lipinski definition) is 0. The van der Waals surface area contributed by atoms with Crippen molar-refractivity contribution in [1.29, 1.82) is 0 Å². The van der Waals surface area contributed by atoms with Crippen LogP contribution in [0.5, 0.6) is 0 Å². The molecule has 1 aliphatic rings. The highest BCUT2D eigenvalue weighted by molar-refractivity contribution is 5.12. The van der Waals surface area contributed by atoms with E-state index in [2.05, 4.69) is 46.8 Å². The highest BCUT2D eigenvalue weighted by Gasteiger charge is 2.05. The lowest BCUT2D eigenvalue weighted by molar-refractivity contribution is 0.385. The summed E-state index contributed by atoms with van der Waals surface area (Å²) in [6, 6.07) is 0. The zero-order chi connectivity index (χ0) is 11.7. The minimum atomic E-state index is 1.04. The Balaban J connectivity index is 0.000000262. The van der Waals surface area contributed by atoms with Gasteiger partial charge in [0.2, 0.25) is 0 Å². The molecule has 0 unspecified atom stereocenters. The van der Waals surface area contributed by atoms with Crippen LogP contribution in [0.15, 0.2) is 23.3 Å². The highest BCUT2D eigenvalue weighted by Crippen LogP contribution is 2.22. The monoisotopic (exact) mass is 208 g/mol. The third-order valence-corrected chi connectivity index (χ3v) is 2.64. The van der Waals surface area contributed by atoms with Crippen LogP contribution in [-0.2, 0) is 0 Å². The van der Waals surface area contributed by atoms with Crippen LogP contribution in [0.2, 0.25) is 0 Å². The molecule has 0 aliphatic heterocycles. The summed E-state index contributed by atoms with van der Waals surface area (Å²) in [4.78, 5) is 0. The molecule has 0 saturated heterocycles. The predicted molar refractivity (Wildman–Crippen MR) is 71.1 cm³/mol. The molecule has 1 rings (SSSR count). The molecule has 0 bridgehead atoms. The van der Waals surface area contributed by atoms with Gasteiger partial charge in [0.1, 0.15) is 0 Å². The van der Waals surface area contributed by atoms with E-state index < -0.39 is 0 Å². The van der Waals surface area contributed by atoms with Crippen LogP contribution in [0, 0.1) is 5.92 Å². The van der Waals surface area contributed by atoms with Crippen molar-refractivity contribution in [3.05, 3.63) is 23.3 Å². The van der Waals surface area contributed by atoms with E-state index in [1.807, 2.05) is 0 Å². The molecule has 0 aromatic heterocycles. The van der Waals surface area contributed by atoms with Gasteiger partial charge >= 0.3 is 0 Å². The van der Waals surface area contributed by atoms with E-state index in [-0.39, 0.29) is 0 Å². The van der Waals surface area contributed by atoms with E-state index >= 15 is 0 Å². The average Bonchev–Trinajstić information content (AvgIpc) is 2.17. The summed E-state index contributed by atoms with van der Waals surface area (Å²) in [6.45, 7) is 10.7. The van der Waals surface area contributed by atoms with Crippen molar-refractivity contribution in [2.45, 2.75) is 66.7 Å². The second-order valence-corrected chi connectivity index (χ2v) is 5.23. The molecule has 0 atom stereocenters. The number of hydrogen-bond donors (Lipinski definition) is 0. The molecule has 1 aliphatic carbocycles. The Morgan fingerprint density at radius 1 is 0.800 bits per heavy atom. The van der Waals surface area contributed by atoms with Crippen LogP contribution in [-0.4, -0.2) is 0 Å². The fourth-order valence-electron chi connectivity index (χ4n) is 1.64. The molecule has 0 radical (unpaired) electrons. The van der Waals surface area contributed by atoms with Gasteiger partial charge in [-0.25, -0.2) is 0 Å². The first-order chi connectivity index (χ1) is 7.02. The van der Waals surface area contributed by atoms with E-state index in [4.69, 9.17) is 0 Å². The molecular weight excluding hydrogens is 180 g/mol. The van der Waals surface area contributed by atoms with E-state index in [9.17, 15) is 0 Å². The summed E-state index contributed by atoms with van der Waals surface area (Å²) >= 11 is 0. The van der Waals surface area contributed by atoms with Crippen LogP contribution in [0.3, 0.4) is 0 Å². The molecule has 0 aromatic rings. The van der Waals surface area contributed by atoms with Gasteiger partial charge in [-0.2, -0.15) is 0 Å². The molecule has 0 heteroatoms. The summed E-state index contributed by atoms with van der Waals surface area (Å²) in [7, 11) is 0. The summed E-state index contributed by atoms with van der Waals surface area (Å²) < 4.78 is 0. The van der Waals surface area contributed by atoms with Gasteiger partial charge in [0.15, 0.2) is 0 Å². The zero-order valence-corrected chi connectivity index (χ0v) is 11.3. The smallest absolute Gasteiger partial charge is 0.0439 e. The van der Waals surface area contributed by atoms with Crippen LogP contribution >= 0.6 is 0 Å². The normalized spacial score (nSPS) is 16.1. The molecule has 15 heavy (non-hydrogen) atoms. The fraction of sp³-hybridized carbons (Fsp3) is 0.733. The second kappa shape index (κ2) is 8.76. The van der Waals surface area contributed by atoms with Crippen molar-refractivity contribution in [2.24, 2.45) is 5.92 Å². The first-order valence-corrected chi connectivity index (χ1v) is 6.30. The number of allylic oxidation sites excluding steroid dienone is 4. The third-order valence-electron chi connectivity index (χ3n) is 2.64. The average molecular weight is 208 g/mol. The number of rotatable bonds is 1. The Labute approximate surface area is 96.5 Å². The summed E-state index contributed by atoms with van der Waals surface area (Å²) in [5.74, 6) is 1.04. The Bertz CT molecular complexity index is 178. The van der Waals surface area contributed by atoms with Gasteiger partial charge in [-0.1, -0.05) is 62.3 Å². The van der Waals surface area contributed by atoms with Gasteiger partial charge < -0.3 is 0 Å². The van der Waals surface area contributed by atoms with Gasteiger partial charge in [0.25, 0.3) is 0 Å².